The number of halogens is 1. The topological polar surface area (TPSA) is 38.5 Å². The molecule has 0 aromatic heterocycles. The number of morpholine rings is 1. The van der Waals surface area contributed by atoms with Crippen LogP contribution in [0.5, 0.6) is 0 Å². The van der Waals surface area contributed by atoms with Gasteiger partial charge in [0.1, 0.15) is 0 Å². The van der Waals surface area contributed by atoms with Gasteiger partial charge in [0.15, 0.2) is 0 Å². The first-order chi connectivity index (χ1) is 7.87. The first kappa shape index (κ1) is 12.7. The lowest BCUT2D eigenvalue weighted by Gasteiger charge is -2.43. The summed E-state index contributed by atoms with van der Waals surface area (Å²) < 4.78 is 6.91. The van der Waals surface area contributed by atoms with Crippen LogP contribution < -0.4 is 10.6 Å². The summed E-state index contributed by atoms with van der Waals surface area (Å²) in [6, 6.07) is 6.04. The normalized spacial score (nSPS) is 23.8. The minimum atomic E-state index is -0.128. The van der Waals surface area contributed by atoms with Crippen molar-refractivity contribution in [3.8, 4) is 0 Å². The fourth-order valence-electron chi connectivity index (χ4n) is 2.45. The molecule has 1 unspecified atom stereocenters. The van der Waals surface area contributed by atoms with E-state index in [4.69, 9.17) is 10.5 Å². The highest BCUT2D eigenvalue weighted by Crippen LogP contribution is 2.31. The lowest BCUT2D eigenvalue weighted by Crippen LogP contribution is -2.52. The summed E-state index contributed by atoms with van der Waals surface area (Å²) >= 11 is 3.43. The third-order valence-corrected chi connectivity index (χ3v) is 3.39. The predicted octanol–water partition coefficient (Wildman–Crippen LogP) is 3.04. The Bertz CT molecular complexity index is 420. The summed E-state index contributed by atoms with van der Waals surface area (Å²) in [5.41, 5.74) is 7.85. The largest absolute Gasteiger partial charge is 0.397 e. The molecule has 1 saturated heterocycles. The van der Waals surface area contributed by atoms with Crippen LogP contribution in [-0.2, 0) is 4.74 Å². The molecule has 4 heteroatoms. The zero-order valence-corrected chi connectivity index (χ0v) is 12.1. The predicted molar refractivity (Wildman–Crippen MR) is 75.4 cm³/mol. The number of nitrogens with zero attached hydrogens (tertiary/aromatic N) is 1. The van der Waals surface area contributed by atoms with E-state index in [0.29, 0.717) is 0 Å². The van der Waals surface area contributed by atoms with Crippen LogP contribution in [-0.4, -0.2) is 24.8 Å². The smallest absolute Gasteiger partial charge is 0.0805 e. The summed E-state index contributed by atoms with van der Waals surface area (Å²) in [7, 11) is 0. The highest BCUT2D eigenvalue weighted by molar-refractivity contribution is 9.10. The van der Waals surface area contributed by atoms with Crippen molar-refractivity contribution in [2.24, 2.45) is 0 Å². The van der Waals surface area contributed by atoms with Gasteiger partial charge in [0.05, 0.1) is 23.1 Å². The van der Waals surface area contributed by atoms with Gasteiger partial charge < -0.3 is 15.4 Å². The Morgan fingerprint density at radius 3 is 2.76 bits per heavy atom. The van der Waals surface area contributed by atoms with E-state index < -0.39 is 0 Å². The Kier molecular flexibility index (Phi) is 3.36. The van der Waals surface area contributed by atoms with E-state index in [1.807, 2.05) is 12.1 Å². The minimum absolute atomic E-state index is 0.128. The molecule has 1 atom stereocenters. The Balaban J connectivity index is 2.27. The molecule has 3 nitrogen and oxygen atoms in total. The van der Waals surface area contributed by atoms with E-state index in [9.17, 15) is 0 Å². The van der Waals surface area contributed by atoms with Gasteiger partial charge in [-0.3, -0.25) is 0 Å². The number of hydrogen-bond acceptors (Lipinski definition) is 3. The van der Waals surface area contributed by atoms with Gasteiger partial charge in [0.2, 0.25) is 0 Å². The lowest BCUT2D eigenvalue weighted by molar-refractivity contribution is -0.0749. The quantitative estimate of drug-likeness (QED) is 0.810. The molecule has 2 N–H and O–H groups in total. The average molecular weight is 299 g/mol. The summed E-state index contributed by atoms with van der Waals surface area (Å²) in [5, 5.41) is 0. The van der Waals surface area contributed by atoms with Gasteiger partial charge in [-0.15, -0.1) is 0 Å². The maximum absolute atomic E-state index is 6.07. The Morgan fingerprint density at radius 2 is 2.18 bits per heavy atom. The third kappa shape index (κ3) is 2.93. The molecule has 0 aliphatic carbocycles. The zero-order chi connectivity index (χ0) is 12.6. The van der Waals surface area contributed by atoms with Crippen molar-refractivity contribution in [3.05, 3.63) is 22.7 Å². The molecule has 0 radical (unpaired) electrons. The fraction of sp³-hybridized carbons (Fsp3) is 0.538. The second kappa shape index (κ2) is 4.50. The van der Waals surface area contributed by atoms with Crippen molar-refractivity contribution in [2.75, 3.05) is 23.7 Å². The van der Waals surface area contributed by atoms with Gasteiger partial charge in [-0.25, -0.2) is 0 Å². The molecule has 1 aromatic carbocycles. The molecule has 17 heavy (non-hydrogen) atoms. The molecule has 0 spiro atoms. The molecule has 1 heterocycles. The number of nitrogen functional groups attached to an aromatic ring is 1. The minimum Gasteiger partial charge on any atom is -0.397 e. The number of ether oxygens (including phenoxy) is 1. The fourth-order valence-corrected chi connectivity index (χ4v) is 2.83. The SMILES string of the molecule is CC1CN(c2ccc(Br)cc2N)CC(C)(C)O1. The van der Waals surface area contributed by atoms with Crippen LogP contribution in [0.4, 0.5) is 11.4 Å². The molecule has 0 amide bonds. The van der Waals surface area contributed by atoms with Crippen LogP contribution in [0.15, 0.2) is 22.7 Å². The first-order valence-electron chi connectivity index (χ1n) is 5.85. The monoisotopic (exact) mass is 298 g/mol. The molecular weight excluding hydrogens is 280 g/mol. The van der Waals surface area contributed by atoms with Gasteiger partial charge >= 0.3 is 0 Å². The van der Waals surface area contributed by atoms with E-state index in [1.165, 1.54) is 0 Å². The van der Waals surface area contributed by atoms with Crippen molar-refractivity contribution < 1.29 is 4.74 Å². The van der Waals surface area contributed by atoms with Crippen molar-refractivity contribution in [1.82, 2.24) is 0 Å². The lowest BCUT2D eigenvalue weighted by atomic mass is 10.0. The van der Waals surface area contributed by atoms with Gasteiger partial charge in [0.25, 0.3) is 0 Å². The number of benzene rings is 1. The molecular formula is C13H19BrN2O. The average Bonchev–Trinajstić information content (AvgIpc) is 2.13. The Morgan fingerprint density at radius 1 is 1.47 bits per heavy atom. The maximum atomic E-state index is 6.07. The third-order valence-electron chi connectivity index (χ3n) is 2.90. The molecule has 2 rings (SSSR count). The van der Waals surface area contributed by atoms with Crippen LogP contribution in [0.1, 0.15) is 20.8 Å². The van der Waals surface area contributed by atoms with Gasteiger partial charge in [0, 0.05) is 17.6 Å². The van der Waals surface area contributed by atoms with E-state index >= 15 is 0 Å². The van der Waals surface area contributed by atoms with Crippen molar-refractivity contribution in [3.63, 3.8) is 0 Å². The van der Waals surface area contributed by atoms with E-state index in [1.54, 1.807) is 0 Å². The summed E-state index contributed by atoms with van der Waals surface area (Å²) in [6.45, 7) is 8.08. The van der Waals surface area contributed by atoms with Crippen LogP contribution in [0.2, 0.25) is 0 Å². The second-order valence-electron chi connectivity index (χ2n) is 5.27. The van der Waals surface area contributed by atoms with Crippen molar-refractivity contribution >= 4 is 27.3 Å². The van der Waals surface area contributed by atoms with Crippen LogP contribution in [0.3, 0.4) is 0 Å². The van der Waals surface area contributed by atoms with Crippen LogP contribution in [0, 0.1) is 0 Å². The summed E-state index contributed by atoms with van der Waals surface area (Å²) in [6.07, 6.45) is 0.224. The molecule has 1 fully saturated rings. The Hall–Kier alpha value is -0.740. The summed E-state index contributed by atoms with van der Waals surface area (Å²) in [4.78, 5) is 2.30. The highest BCUT2D eigenvalue weighted by Gasteiger charge is 2.31. The van der Waals surface area contributed by atoms with E-state index in [-0.39, 0.29) is 11.7 Å². The second-order valence-corrected chi connectivity index (χ2v) is 6.19. The standard InChI is InChI=1S/C13H19BrN2O/c1-9-7-16(8-13(2,3)17-9)12-5-4-10(14)6-11(12)15/h4-6,9H,7-8,15H2,1-3H3. The van der Waals surface area contributed by atoms with E-state index in [2.05, 4.69) is 47.7 Å². The van der Waals surface area contributed by atoms with Gasteiger partial charge in [-0.05, 0) is 39.0 Å². The molecule has 1 aliphatic heterocycles. The number of rotatable bonds is 1. The first-order valence-corrected chi connectivity index (χ1v) is 6.64. The number of nitrogens with two attached hydrogens (primary N) is 1. The van der Waals surface area contributed by atoms with Crippen molar-refractivity contribution in [2.45, 2.75) is 32.5 Å². The maximum Gasteiger partial charge on any atom is 0.0805 e. The molecule has 1 aliphatic rings. The van der Waals surface area contributed by atoms with Crippen molar-refractivity contribution in [1.29, 1.82) is 0 Å². The molecule has 0 saturated carbocycles. The van der Waals surface area contributed by atoms with Crippen LogP contribution >= 0.6 is 15.9 Å². The zero-order valence-electron chi connectivity index (χ0n) is 10.5. The van der Waals surface area contributed by atoms with Gasteiger partial charge in [-0.2, -0.15) is 0 Å². The number of anilines is 2. The molecule has 94 valence electrons. The summed E-state index contributed by atoms with van der Waals surface area (Å²) in [5.74, 6) is 0. The molecule has 1 aromatic rings. The molecule has 0 bridgehead atoms. The highest BCUT2D eigenvalue weighted by atomic mass is 79.9. The Labute approximate surface area is 111 Å². The van der Waals surface area contributed by atoms with E-state index in [0.717, 1.165) is 28.9 Å². The number of hydrogen-bond donors (Lipinski definition) is 1. The van der Waals surface area contributed by atoms with Gasteiger partial charge in [-0.1, -0.05) is 15.9 Å². The van der Waals surface area contributed by atoms with Crippen LogP contribution in [0.25, 0.3) is 0 Å².